The molecule has 4 heterocycles. The number of hydrogen-bond acceptors (Lipinski definition) is 7. The molecule has 48 heavy (non-hydrogen) atoms. The molecule has 0 unspecified atom stereocenters. The van der Waals surface area contributed by atoms with Crippen LogP contribution in [0.2, 0.25) is 0 Å². The summed E-state index contributed by atoms with van der Waals surface area (Å²) >= 11 is 3.61. The van der Waals surface area contributed by atoms with E-state index in [4.69, 9.17) is 9.47 Å². The average Bonchev–Trinajstić information content (AvgIpc) is 3.69. The summed E-state index contributed by atoms with van der Waals surface area (Å²) in [5.41, 5.74) is -0.114. The molecule has 4 aliphatic rings. The molecule has 7 atom stereocenters. The van der Waals surface area contributed by atoms with E-state index in [9.17, 15) is 24.3 Å². The number of hydrogen-bond donors (Lipinski definition) is 2. The first-order valence-corrected chi connectivity index (χ1v) is 17.6. The number of esters is 1. The molecule has 2 N–H and O–H groups in total. The average molecular weight is 721 g/mol. The van der Waals surface area contributed by atoms with Gasteiger partial charge in [0.2, 0.25) is 17.7 Å². The fraction of sp³-hybridized carbons (Fsp3) is 0.459. The summed E-state index contributed by atoms with van der Waals surface area (Å²) in [6.45, 7) is 2.43. The van der Waals surface area contributed by atoms with Crippen LogP contribution in [0, 0.1) is 11.8 Å². The third kappa shape index (κ3) is 6.35. The Morgan fingerprint density at radius 1 is 1.00 bits per heavy atom. The number of carbonyl (C=O) groups excluding carboxylic acids is 4. The van der Waals surface area contributed by atoms with Crippen LogP contribution < -0.4 is 5.32 Å². The Kier molecular flexibility index (Phi) is 10.5. The van der Waals surface area contributed by atoms with Gasteiger partial charge in [0, 0.05) is 24.0 Å². The van der Waals surface area contributed by atoms with Gasteiger partial charge in [0.1, 0.15) is 29.8 Å². The molecule has 11 heteroatoms. The first kappa shape index (κ1) is 34.1. The second-order valence-corrected chi connectivity index (χ2v) is 13.7. The highest BCUT2D eigenvalue weighted by molar-refractivity contribution is 9.11. The van der Waals surface area contributed by atoms with E-state index in [-0.39, 0.29) is 31.3 Å². The number of amides is 3. The largest absolute Gasteiger partial charge is 0.455 e. The zero-order chi connectivity index (χ0) is 33.8. The Morgan fingerprint density at radius 2 is 1.73 bits per heavy atom. The predicted octanol–water partition coefficient (Wildman–Crippen LogP) is 4.36. The molecule has 0 saturated carbocycles. The first-order valence-electron chi connectivity index (χ1n) is 16.8. The number of carbonyl (C=O) groups is 4. The second kappa shape index (κ2) is 14.8. The highest BCUT2D eigenvalue weighted by Crippen LogP contribution is 2.60. The molecule has 2 aromatic rings. The number of cyclic esters (lactones) is 1. The number of halogens is 1. The van der Waals surface area contributed by atoms with Crippen LogP contribution in [-0.4, -0.2) is 82.6 Å². The van der Waals surface area contributed by atoms with Crippen LogP contribution in [0.4, 0.5) is 0 Å². The Balaban J connectivity index is 1.46. The van der Waals surface area contributed by atoms with Crippen LogP contribution in [0.25, 0.3) is 0 Å². The fourth-order valence-corrected chi connectivity index (χ4v) is 8.27. The zero-order valence-electron chi connectivity index (χ0n) is 27.0. The molecular formula is C37H42BrN3O7. The number of aliphatic hydroxyl groups excluding tert-OH is 1. The highest BCUT2D eigenvalue weighted by atomic mass is 79.9. The topological polar surface area (TPSA) is 125 Å². The molecule has 254 valence electrons. The van der Waals surface area contributed by atoms with Crippen molar-refractivity contribution >= 4 is 39.6 Å². The van der Waals surface area contributed by atoms with Crippen molar-refractivity contribution in [3.8, 4) is 0 Å². The monoisotopic (exact) mass is 719 g/mol. The van der Waals surface area contributed by atoms with Crippen molar-refractivity contribution in [1.29, 1.82) is 0 Å². The number of nitrogens with one attached hydrogen (secondary N) is 1. The molecule has 0 aromatic heterocycles. The van der Waals surface area contributed by atoms with Crippen molar-refractivity contribution in [1.82, 2.24) is 15.1 Å². The normalized spacial score (nSPS) is 30.5. The lowest BCUT2D eigenvalue weighted by molar-refractivity contribution is -0.160. The van der Waals surface area contributed by atoms with Gasteiger partial charge in [-0.05, 0) is 30.0 Å². The third-order valence-electron chi connectivity index (χ3n) is 9.85. The van der Waals surface area contributed by atoms with Crippen molar-refractivity contribution in [3.63, 3.8) is 0 Å². The van der Waals surface area contributed by atoms with Crippen LogP contribution in [0.5, 0.6) is 0 Å². The van der Waals surface area contributed by atoms with Crippen molar-refractivity contribution < 1.29 is 33.8 Å². The van der Waals surface area contributed by atoms with Crippen LogP contribution in [-0.2, 0) is 28.7 Å². The number of nitrogens with zero attached hydrogens (tertiary/aromatic N) is 2. The summed E-state index contributed by atoms with van der Waals surface area (Å²) in [5.74, 6) is -3.77. The van der Waals surface area contributed by atoms with E-state index in [1.54, 1.807) is 11.0 Å². The van der Waals surface area contributed by atoms with E-state index < -0.39 is 60.2 Å². The molecule has 1 spiro atoms. The van der Waals surface area contributed by atoms with Crippen molar-refractivity contribution in [3.05, 3.63) is 94.5 Å². The second-order valence-electron chi connectivity index (χ2n) is 12.8. The van der Waals surface area contributed by atoms with E-state index in [2.05, 4.69) is 28.2 Å². The lowest BCUT2D eigenvalue weighted by atomic mass is 9.74. The van der Waals surface area contributed by atoms with Gasteiger partial charge in [-0.25, -0.2) is 0 Å². The Labute approximate surface area is 289 Å². The molecule has 6 rings (SSSR count). The smallest absolute Gasteiger partial charge is 0.313 e. The molecule has 10 nitrogen and oxygen atoms in total. The van der Waals surface area contributed by atoms with Gasteiger partial charge in [-0.2, -0.15) is 0 Å². The molecule has 2 aromatic carbocycles. The Hall–Kier alpha value is -3.80. The zero-order valence-corrected chi connectivity index (χ0v) is 28.6. The minimum atomic E-state index is -1.47. The van der Waals surface area contributed by atoms with Gasteiger partial charge in [-0.15, -0.1) is 0 Å². The lowest BCUT2D eigenvalue weighted by Crippen LogP contribution is -2.57. The summed E-state index contributed by atoms with van der Waals surface area (Å²) < 4.78 is 13.4. The summed E-state index contributed by atoms with van der Waals surface area (Å²) in [6, 6.07) is 16.3. The molecule has 0 radical (unpaired) electrons. The van der Waals surface area contributed by atoms with E-state index in [0.717, 1.165) is 19.3 Å². The molecule has 2 saturated heterocycles. The fourth-order valence-electron chi connectivity index (χ4n) is 7.53. The number of ether oxygens (including phenoxy) is 2. The van der Waals surface area contributed by atoms with Crippen LogP contribution in [0.15, 0.2) is 83.4 Å². The van der Waals surface area contributed by atoms with Gasteiger partial charge < -0.3 is 29.7 Å². The van der Waals surface area contributed by atoms with Gasteiger partial charge in [-0.1, -0.05) is 109 Å². The van der Waals surface area contributed by atoms with E-state index in [1.165, 1.54) is 4.90 Å². The van der Waals surface area contributed by atoms with Gasteiger partial charge in [0.05, 0.1) is 25.1 Å². The first-order chi connectivity index (χ1) is 23.3. The number of aliphatic hydroxyl groups is 1. The number of unbranched alkanes of at least 4 members (excludes halogenated alkanes) is 2. The van der Waals surface area contributed by atoms with E-state index >= 15 is 0 Å². The third-order valence-corrected chi connectivity index (χ3v) is 10.5. The summed E-state index contributed by atoms with van der Waals surface area (Å²) in [5, 5.41) is 13.7. The van der Waals surface area contributed by atoms with Crippen molar-refractivity contribution in [2.24, 2.45) is 11.8 Å². The maximum atomic E-state index is 14.9. The molecule has 0 aliphatic carbocycles. The van der Waals surface area contributed by atoms with Gasteiger partial charge >= 0.3 is 5.97 Å². The Morgan fingerprint density at radius 3 is 2.44 bits per heavy atom. The maximum Gasteiger partial charge on any atom is 0.313 e. The van der Waals surface area contributed by atoms with Crippen LogP contribution >= 0.6 is 15.9 Å². The maximum absolute atomic E-state index is 14.9. The van der Waals surface area contributed by atoms with Gasteiger partial charge in [-0.3, -0.25) is 19.2 Å². The quantitative estimate of drug-likeness (QED) is 0.236. The molecule has 2 fully saturated rings. The SMILES string of the molecule is CCCCCN1C/C=C\CCC(=O)NC[C@H](c2ccccc2)OC(=O)[C@H]2[C@@H]3O[C@@]4(C=C3Br)[C@@H]2C(=O)N([C@H](CO)c2ccccc2)[C@@H]4C1=O. The molecule has 5 bridgehead atoms. The van der Waals surface area contributed by atoms with Gasteiger partial charge in [0.15, 0.2) is 0 Å². The van der Waals surface area contributed by atoms with Crippen LogP contribution in [0.3, 0.4) is 0 Å². The summed E-state index contributed by atoms with van der Waals surface area (Å²) in [4.78, 5) is 60.0. The Bertz CT molecular complexity index is 1570. The number of allylic oxidation sites excluding steroid dienone is 1. The van der Waals surface area contributed by atoms with Crippen molar-refractivity contribution in [2.45, 2.75) is 68.9 Å². The van der Waals surface area contributed by atoms with E-state index in [0.29, 0.717) is 28.6 Å². The van der Waals surface area contributed by atoms with Gasteiger partial charge in [0.25, 0.3) is 0 Å². The lowest BCUT2D eigenvalue weighted by Gasteiger charge is -2.39. The molecular weight excluding hydrogens is 678 g/mol. The predicted molar refractivity (Wildman–Crippen MR) is 181 cm³/mol. The minimum Gasteiger partial charge on any atom is -0.455 e. The number of rotatable bonds is 8. The minimum absolute atomic E-state index is 0.0519. The highest BCUT2D eigenvalue weighted by Gasteiger charge is 2.75. The number of likely N-dealkylation sites (tertiary alicyclic amines) is 1. The molecule has 4 aliphatic heterocycles. The summed E-state index contributed by atoms with van der Waals surface area (Å²) in [6.07, 6.45) is 7.21. The summed E-state index contributed by atoms with van der Waals surface area (Å²) in [7, 11) is 0. The van der Waals surface area contributed by atoms with E-state index in [1.807, 2.05) is 72.8 Å². The number of benzene rings is 2. The molecule has 3 amide bonds. The standard InChI is InChI=1S/C37H42BrN3O7/c1-2-3-12-19-40-20-13-6-11-18-29(43)39-22-28(25-16-9-5-10-17-25)47-36(46)30-31-34(44)41(27(23-42)24-14-7-4-8-15-24)33(35(40)45)37(31)21-26(38)32(30)48-37/h4-10,13-17,21,27-28,30-33,42H,2-3,11-12,18-20,22-23H2,1H3,(H,39,43)/b13-6-/t27-,28-,30-,31+,32-,33-,37+/m1/s1. The van der Waals surface area contributed by atoms with Crippen LogP contribution in [0.1, 0.15) is 62.3 Å². The number of fused-ring (bicyclic) bond motifs is 2. The van der Waals surface area contributed by atoms with Crippen molar-refractivity contribution in [2.75, 3.05) is 26.2 Å².